The predicted octanol–water partition coefficient (Wildman–Crippen LogP) is 0.773. The Balaban J connectivity index is 1.55. The van der Waals surface area contributed by atoms with Gasteiger partial charge in [-0.1, -0.05) is 22.9 Å². The predicted molar refractivity (Wildman–Crippen MR) is 86.2 cm³/mol. The van der Waals surface area contributed by atoms with E-state index < -0.39 is 0 Å². The molecule has 8 heteroatoms. The van der Waals surface area contributed by atoms with Crippen molar-refractivity contribution in [3.63, 3.8) is 0 Å². The van der Waals surface area contributed by atoms with E-state index in [0.29, 0.717) is 23.8 Å². The highest BCUT2D eigenvalue weighted by atomic mass is 35.5. The molecule has 23 heavy (non-hydrogen) atoms. The summed E-state index contributed by atoms with van der Waals surface area (Å²) >= 11 is 6.02. The fourth-order valence-corrected chi connectivity index (χ4v) is 2.80. The highest BCUT2D eigenvalue weighted by Gasteiger charge is 2.21. The lowest BCUT2D eigenvalue weighted by Gasteiger charge is -2.36. The van der Waals surface area contributed by atoms with Crippen molar-refractivity contribution in [1.82, 2.24) is 19.9 Å². The van der Waals surface area contributed by atoms with Gasteiger partial charge >= 0.3 is 0 Å². The van der Waals surface area contributed by atoms with Gasteiger partial charge in [-0.05, 0) is 18.2 Å². The van der Waals surface area contributed by atoms with Gasteiger partial charge in [0.1, 0.15) is 12.2 Å². The highest BCUT2D eigenvalue weighted by molar-refractivity contribution is 6.30. The van der Waals surface area contributed by atoms with Crippen molar-refractivity contribution in [2.24, 2.45) is 0 Å². The average Bonchev–Trinajstić information content (AvgIpc) is 3.02. The van der Waals surface area contributed by atoms with E-state index in [4.69, 9.17) is 16.7 Å². The first-order valence-electron chi connectivity index (χ1n) is 7.44. The molecular formula is C15H18ClN5O2. The van der Waals surface area contributed by atoms with E-state index in [1.807, 2.05) is 29.2 Å². The second-order valence-electron chi connectivity index (χ2n) is 5.41. The fraction of sp³-hybridized carbons (Fsp3) is 0.400. The average molecular weight is 336 g/mol. The molecule has 0 unspecified atom stereocenters. The van der Waals surface area contributed by atoms with Crippen molar-refractivity contribution < 1.29 is 9.90 Å². The Morgan fingerprint density at radius 1 is 1.26 bits per heavy atom. The highest BCUT2D eigenvalue weighted by Crippen LogP contribution is 2.20. The molecule has 2 heterocycles. The quantitative estimate of drug-likeness (QED) is 0.893. The molecule has 1 amide bonds. The lowest BCUT2D eigenvalue weighted by Crippen LogP contribution is -2.49. The molecule has 0 radical (unpaired) electrons. The number of halogens is 1. The zero-order valence-electron chi connectivity index (χ0n) is 12.6. The van der Waals surface area contributed by atoms with Gasteiger partial charge in [-0.2, -0.15) is 0 Å². The number of anilines is 1. The summed E-state index contributed by atoms with van der Waals surface area (Å²) in [6, 6.07) is 7.74. The summed E-state index contributed by atoms with van der Waals surface area (Å²) in [4.78, 5) is 16.3. The molecule has 1 N–H and O–H groups in total. The van der Waals surface area contributed by atoms with E-state index >= 15 is 0 Å². The van der Waals surface area contributed by atoms with Crippen LogP contribution in [-0.4, -0.2) is 57.1 Å². The number of aromatic nitrogens is 3. The zero-order chi connectivity index (χ0) is 16.2. The minimum Gasteiger partial charge on any atom is -0.390 e. The smallest absolute Gasteiger partial charge is 0.244 e. The largest absolute Gasteiger partial charge is 0.390 e. The van der Waals surface area contributed by atoms with E-state index in [1.165, 1.54) is 4.68 Å². The Bertz CT molecular complexity index is 682. The number of hydrogen-bond donors (Lipinski definition) is 1. The van der Waals surface area contributed by atoms with Gasteiger partial charge in [0.05, 0.1) is 12.8 Å². The van der Waals surface area contributed by atoms with Crippen LogP contribution in [0.3, 0.4) is 0 Å². The summed E-state index contributed by atoms with van der Waals surface area (Å²) in [5, 5.41) is 17.3. The van der Waals surface area contributed by atoms with E-state index in [9.17, 15) is 4.79 Å². The number of carbonyl (C=O) groups excluding carboxylic acids is 1. The van der Waals surface area contributed by atoms with Crippen LogP contribution in [0.4, 0.5) is 5.69 Å². The number of rotatable bonds is 4. The number of carbonyl (C=O) groups is 1. The maximum absolute atomic E-state index is 12.3. The van der Waals surface area contributed by atoms with Crippen LogP contribution in [0.2, 0.25) is 5.02 Å². The van der Waals surface area contributed by atoms with Crippen molar-refractivity contribution in [1.29, 1.82) is 0 Å². The van der Waals surface area contributed by atoms with Crippen LogP contribution in [-0.2, 0) is 17.9 Å². The summed E-state index contributed by atoms with van der Waals surface area (Å²) in [6.07, 6.45) is 1.58. The normalized spacial score (nSPS) is 15.0. The van der Waals surface area contributed by atoms with Gasteiger partial charge in [0.25, 0.3) is 0 Å². The topological polar surface area (TPSA) is 74.5 Å². The summed E-state index contributed by atoms with van der Waals surface area (Å²) < 4.78 is 1.46. The SMILES string of the molecule is O=C(Cn1cc(CO)nn1)N1CCN(c2cccc(Cl)c2)CC1. The molecule has 0 bridgehead atoms. The van der Waals surface area contributed by atoms with Crippen molar-refractivity contribution in [3.05, 3.63) is 41.2 Å². The summed E-state index contributed by atoms with van der Waals surface area (Å²) in [7, 11) is 0. The minimum atomic E-state index is -0.174. The third-order valence-corrected chi connectivity index (χ3v) is 4.09. The Labute approximate surface area is 139 Å². The first-order valence-corrected chi connectivity index (χ1v) is 7.81. The van der Waals surface area contributed by atoms with E-state index in [2.05, 4.69) is 15.2 Å². The van der Waals surface area contributed by atoms with Gasteiger partial charge in [0.2, 0.25) is 5.91 Å². The third kappa shape index (κ3) is 3.80. The molecule has 7 nitrogen and oxygen atoms in total. The van der Waals surface area contributed by atoms with Crippen molar-refractivity contribution in [3.8, 4) is 0 Å². The van der Waals surface area contributed by atoms with Crippen molar-refractivity contribution in [2.45, 2.75) is 13.2 Å². The Kier molecular flexibility index (Phi) is 4.78. The maximum atomic E-state index is 12.3. The molecule has 1 aliphatic heterocycles. The summed E-state index contributed by atoms with van der Waals surface area (Å²) in [5.74, 6) is 0.00475. The van der Waals surface area contributed by atoms with Gasteiger partial charge in [-0.15, -0.1) is 5.10 Å². The first-order chi connectivity index (χ1) is 11.2. The van der Waals surface area contributed by atoms with E-state index in [-0.39, 0.29) is 19.1 Å². The molecule has 0 atom stereocenters. The monoisotopic (exact) mass is 335 g/mol. The number of aliphatic hydroxyl groups is 1. The number of aliphatic hydroxyl groups excluding tert-OH is 1. The van der Waals surface area contributed by atoms with Gasteiger partial charge in [-0.3, -0.25) is 4.79 Å². The molecule has 2 aromatic rings. The lowest BCUT2D eigenvalue weighted by molar-refractivity contribution is -0.132. The molecular weight excluding hydrogens is 318 g/mol. The molecule has 0 saturated carbocycles. The minimum absolute atomic E-state index is 0.00475. The summed E-state index contributed by atoms with van der Waals surface area (Å²) in [5.41, 5.74) is 1.54. The zero-order valence-corrected chi connectivity index (χ0v) is 13.4. The number of nitrogens with zero attached hydrogens (tertiary/aromatic N) is 5. The fourth-order valence-electron chi connectivity index (χ4n) is 2.61. The van der Waals surface area contributed by atoms with E-state index in [1.54, 1.807) is 6.20 Å². The van der Waals surface area contributed by atoms with Crippen LogP contribution in [0.25, 0.3) is 0 Å². The second kappa shape index (κ2) is 6.97. The van der Waals surface area contributed by atoms with Gasteiger partial charge in [-0.25, -0.2) is 4.68 Å². The summed E-state index contributed by atoms with van der Waals surface area (Å²) in [6.45, 7) is 2.83. The molecule has 0 spiro atoms. The maximum Gasteiger partial charge on any atom is 0.244 e. The van der Waals surface area contributed by atoms with Crippen molar-refractivity contribution in [2.75, 3.05) is 31.1 Å². The molecule has 1 aliphatic rings. The molecule has 3 rings (SSSR count). The first kappa shape index (κ1) is 15.8. The van der Waals surface area contributed by atoms with Gasteiger partial charge in [0.15, 0.2) is 0 Å². The lowest BCUT2D eigenvalue weighted by atomic mass is 10.2. The van der Waals surface area contributed by atoms with Gasteiger partial charge < -0.3 is 14.9 Å². The van der Waals surface area contributed by atoms with Crippen LogP contribution in [0.1, 0.15) is 5.69 Å². The van der Waals surface area contributed by atoms with Crippen LogP contribution in [0.15, 0.2) is 30.5 Å². The Morgan fingerprint density at radius 2 is 2.04 bits per heavy atom. The third-order valence-electron chi connectivity index (χ3n) is 3.85. The molecule has 1 saturated heterocycles. The number of hydrogen-bond acceptors (Lipinski definition) is 5. The molecule has 0 aliphatic carbocycles. The Morgan fingerprint density at radius 3 is 2.70 bits per heavy atom. The molecule has 1 fully saturated rings. The number of piperazine rings is 1. The molecule has 1 aromatic heterocycles. The molecule has 122 valence electrons. The van der Waals surface area contributed by atoms with E-state index in [0.717, 1.165) is 18.8 Å². The van der Waals surface area contributed by atoms with Crippen LogP contribution >= 0.6 is 11.6 Å². The number of amides is 1. The molecule has 1 aromatic carbocycles. The van der Waals surface area contributed by atoms with Crippen LogP contribution in [0.5, 0.6) is 0 Å². The van der Waals surface area contributed by atoms with Crippen molar-refractivity contribution >= 4 is 23.2 Å². The van der Waals surface area contributed by atoms with Crippen LogP contribution in [0, 0.1) is 0 Å². The standard InChI is InChI=1S/C15H18ClN5O2/c16-12-2-1-3-14(8-12)19-4-6-20(7-5-19)15(23)10-21-9-13(11-22)17-18-21/h1-3,8-9,22H,4-7,10-11H2. The second-order valence-corrected chi connectivity index (χ2v) is 5.85. The van der Waals surface area contributed by atoms with Crippen LogP contribution < -0.4 is 4.90 Å². The number of benzene rings is 1. The Hall–Kier alpha value is -2.12. The van der Waals surface area contributed by atoms with Gasteiger partial charge in [0, 0.05) is 36.9 Å².